The molecule has 3 heterocycles. The highest BCUT2D eigenvalue weighted by molar-refractivity contribution is 6.43. The molecular formula is C19H21Cl2N3O2. The van der Waals surface area contributed by atoms with E-state index in [1.165, 1.54) is 0 Å². The van der Waals surface area contributed by atoms with Crippen LogP contribution in [0.25, 0.3) is 11.1 Å². The summed E-state index contributed by atoms with van der Waals surface area (Å²) in [7, 11) is 0. The lowest BCUT2D eigenvalue weighted by atomic mass is 9.77. The van der Waals surface area contributed by atoms with E-state index < -0.39 is 0 Å². The van der Waals surface area contributed by atoms with E-state index in [1.54, 1.807) is 24.4 Å². The fourth-order valence-corrected chi connectivity index (χ4v) is 4.44. The predicted octanol–water partition coefficient (Wildman–Crippen LogP) is 4.14. The highest BCUT2D eigenvalue weighted by Crippen LogP contribution is 2.42. The number of halogens is 2. The first-order valence-corrected chi connectivity index (χ1v) is 9.63. The summed E-state index contributed by atoms with van der Waals surface area (Å²) in [6.07, 6.45) is 5.17. The van der Waals surface area contributed by atoms with E-state index in [0.29, 0.717) is 38.6 Å². The number of ether oxygens (including phenoxy) is 1. The highest BCUT2D eigenvalue weighted by Gasteiger charge is 2.41. The molecular weight excluding hydrogens is 373 g/mol. The molecule has 1 spiro atoms. The highest BCUT2D eigenvalue weighted by atomic mass is 35.5. The van der Waals surface area contributed by atoms with Crippen LogP contribution in [0.1, 0.15) is 26.2 Å². The van der Waals surface area contributed by atoms with Gasteiger partial charge in [0.2, 0.25) is 5.95 Å². The van der Waals surface area contributed by atoms with E-state index in [4.69, 9.17) is 27.9 Å². The van der Waals surface area contributed by atoms with Crippen molar-refractivity contribution in [3.8, 4) is 11.1 Å². The summed E-state index contributed by atoms with van der Waals surface area (Å²) in [5, 5.41) is 0.784. The van der Waals surface area contributed by atoms with E-state index in [2.05, 4.69) is 21.8 Å². The second kappa shape index (κ2) is 6.87. The Labute approximate surface area is 162 Å². The fraction of sp³-hybridized carbons (Fsp3) is 0.474. The number of nitrogens with zero attached hydrogens (tertiary/aromatic N) is 2. The number of hydrogen-bond donors (Lipinski definition) is 1. The summed E-state index contributed by atoms with van der Waals surface area (Å²) >= 11 is 12.3. The van der Waals surface area contributed by atoms with Gasteiger partial charge in [-0.15, -0.1) is 0 Å². The molecule has 1 aromatic carbocycles. The summed E-state index contributed by atoms with van der Waals surface area (Å²) in [6.45, 7) is 4.73. The van der Waals surface area contributed by atoms with E-state index in [-0.39, 0.29) is 5.56 Å². The van der Waals surface area contributed by atoms with Crippen LogP contribution in [0.15, 0.2) is 29.2 Å². The zero-order valence-electron chi connectivity index (χ0n) is 14.6. The first kappa shape index (κ1) is 17.8. The molecule has 2 fully saturated rings. The Hall–Kier alpha value is -1.56. The summed E-state index contributed by atoms with van der Waals surface area (Å²) in [5.74, 6) is 0.610. The molecule has 0 radical (unpaired) electrons. The van der Waals surface area contributed by atoms with Crippen LogP contribution in [0, 0.1) is 5.41 Å². The average molecular weight is 394 g/mol. The van der Waals surface area contributed by atoms with Crippen LogP contribution < -0.4 is 10.5 Å². The number of anilines is 1. The molecule has 4 rings (SSSR count). The molecule has 0 bridgehead atoms. The van der Waals surface area contributed by atoms with Crippen molar-refractivity contribution < 1.29 is 4.74 Å². The van der Waals surface area contributed by atoms with Crippen molar-refractivity contribution in [3.63, 3.8) is 0 Å². The minimum Gasteiger partial charge on any atom is -0.378 e. The largest absolute Gasteiger partial charge is 0.378 e. The Kier molecular flexibility index (Phi) is 4.71. The number of benzene rings is 1. The molecule has 0 saturated carbocycles. The fourth-order valence-electron chi connectivity index (χ4n) is 4.04. The smallest absolute Gasteiger partial charge is 0.260 e. The topological polar surface area (TPSA) is 58.2 Å². The monoisotopic (exact) mass is 393 g/mol. The normalized spacial score (nSPS) is 22.1. The number of aromatic nitrogens is 2. The Morgan fingerprint density at radius 1 is 1.27 bits per heavy atom. The lowest BCUT2D eigenvalue weighted by Crippen LogP contribution is -2.41. The maximum absolute atomic E-state index is 12.6. The van der Waals surface area contributed by atoms with Crippen molar-refractivity contribution in [1.82, 2.24) is 9.97 Å². The van der Waals surface area contributed by atoms with E-state index in [9.17, 15) is 4.79 Å². The third kappa shape index (κ3) is 3.24. The number of piperidine rings is 1. The molecule has 26 heavy (non-hydrogen) atoms. The van der Waals surface area contributed by atoms with Crippen molar-refractivity contribution in [2.24, 2.45) is 5.41 Å². The van der Waals surface area contributed by atoms with Crippen molar-refractivity contribution >= 4 is 29.2 Å². The molecule has 0 amide bonds. The van der Waals surface area contributed by atoms with Gasteiger partial charge in [0.1, 0.15) is 0 Å². The minimum atomic E-state index is -0.211. The summed E-state index contributed by atoms with van der Waals surface area (Å²) < 4.78 is 5.78. The van der Waals surface area contributed by atoms with Gasteiger partial charge in [0.25, 0.3) is 5.56 Å². The maximum Gasteiger partial charge on any atom is 0.260 e. The Morgan fingerprint density at radius 2 is 2.04 bits per heavy atom. The van der Waals surface area contributed by atoms with E-state index >= 15 is 0 Å². The molecule has 2 aliphatic heterocycles. The van der Waals surface area contributed by atoms with Gasteiger partial charge in [-0.1, -0.05) is 35.3 Å². The molecule has 2 aliphatic rings. The van der Waals surface area contributed by atoms with Crippen LogP contribution >= 0.6 is 23.2 Å². The van der Waals surface area contributed by atoms with Gasteiger partial charge in [0.15, 0.2) is 0 Å². The van der Waals surface area contributed by atoms with Crippen LogP contribution in [0.5, 0.6) is 0 Å². The summed E-state index contributed by atoms with van der Waals surface area (Å²) in [6, 6.07) is 5.23. The van der Waals surface area contributed by atoms with Crippen molar-refractivity contribution in [3.05, 3.63) is 44.8 Å². The number of rotatable bonds is 2. The Balaban J connectivity index is 1.54. The molecule has 1 atom stereocenters. The van der Waals surface area contributed by atoms with Crippen LogP contribution in [0.4, 0.5) is 5.95 Å². The third-order valence-electron chi connectivity index (χ3n) is 5.55. The molecule has 0 unspecified atom stereocenters. The molecule has 2 saturated heterocycles. The lowest BCUT2D eigenvalue weighted by molar-refractivity contribution is 0.0975. The Bertz CT molecular complexity index is 875. The summed E-state index contributed by atoms with van der Waals surface area (Å²) in [5.41, 5.74) is 1.10. The van der Waals surface area contributed by atoms with Crippen molar-refractivity contribution in [2.75, 3.05) is 24.6 Å². The molecule has 0 aliphatic carbocycles. The second-order valence-electron chi connectivity index (χ2n) is 7.36. The molecule has 1 N–H and O–H groups in total. The standard InChI is InChI=1S/C19H21Cl2N3O2/c1-12-9-19(11-26-12)5-7-24(8-6-19)18-22-10-14(17(25)23-18)13-3-2-4-15(20)16(13)21/h2-4,10,12H,5-9,11H2,1H3,(H,22,23,25)/t12-/m0/s1. The predicted molar refractivity (Wildman–Crippen MR) is 104 cm³/mol. The van der Waals surface area contributed by atoms with Gasteiger partial charge in [-0.3, -0.25) is 9.78 Å². The van der Waals surface area contributed by atoms with Crippen LogP contribution in [-0.4, -0.2) is 35.8 Å². The Morgan fingerprint density at radius 3 is 2.69 bits per heavy atom. The third-order valence-corrected chi connectivity index (χ3v) is 6.36. The van der Waals surface area contributed by atoms with Crippen molar-refractivity contribution in [2.45, 2.75) is 32.3 Å². The zero-order chi connectivity index (χ0) is 18.3. The average Bonchev–Trinajstić information content (AvgIpc) is 2.99. The van der Waals surface area contributed by atoms with Gasteiger partial charge in [-0.05, 0) is 37.7 Å². The zero-order valence-corrected chi connectivity index (χ0v) is 16.1. The first-order valence-electron chi connectivity index (χ1n) is 8.88. The van der Waals surface area contributed by atoms with Gasteiger partial charge in [0.05, 0.1) is 28.3 Å². The molecule has 2 aromatic rings. The van der Waals surface area contributed by atoms with Gasteiger partial charge in [-0.25, -0.2) is 4.98 Å². The quantitative estimate of drug-likeness (QED) is 0.832. The molecule has 138 valence electrons. The number of hydrogen-bond acceptors (Lipinski definition) is 4. The van der Waals surface area contributed by atoms with E-state index in [1.807, 2.05) is 0 Å². The van der Waals surface area contributed by atoms with Crippen LogP contribution in [0.2, 0.25) is 10.0 Å². The van der Waals surface area contributed by atoms with Crippen LogP contribution in [0.3, 0.4) is 0 Å². The molecule has 5 nitrogen and oxygen atoms in total. The van der Waals surface area contributed by atoms with Gasteiger partial charge in [0, 0.05) is 24.8 Å². The first-order chi connectivity index (χ1) is 12.5. The summed E-state index contributed by atoms with van der Waals surface area (Å²) in [4.78, 5) is 22.1. The number of H-pyrrole nitrogens is 1. The van der Waals surface area contributed by atoms with E-state index in [0.717, 1.165) is 39.0 Å². The van der Waals surface area contributed by atoms with Gasteiger partial charge in [-0.2, -0.15) is 0 Å². The van der Waals surface area contributed by atoms with Crippen LogP contribution in [-0.2, 0) is 4.74 Å². The van der Waals surface area contributed by atoms with Gasteiger partial charge < -0.3 is 9.64 Å². The molecule has 1 aromatic heterocycles. The SMILES string of the molecule is C[C@H]1CC2(CCN(c3ncc(-c4cccc(Cl)c4Cl)c(=O)[nH]3)CC2)CO1. The van der Waals surface area contributed by atoms with Gasteiger partial charge >= 0.3 is 0 Å². The number of nitrogens with one attached hydrogen (secondary N) is 1. The lowest BCUT2D eigenvalue weighted by Gasteiger charge is -2.38. The second-order valence-corrected chi connectivity index (χ2v) is 8.15. The number of aromatic amines is 1. The van der Waals surface area contributed by atoms with Crippen molar-refractivity contribution in [1.29, 1.82) is 0 Å². The molecule has 7 heteroatoms. The minimum absolute atomic E-state index is 0.211. The maximum atomic E-state index is 12.6.